The van der Waals surface area contributed by atoms with Crippen molar-refractivity contribution in [3.63, 3.8) is 0 Å². The van der Waals surface area contributed by atoms with Crippen LogP contribution in [0, 0.1) is 19.8 Å². The third-order valence-corrected chi connectivity index (χ3v) is 5.54. The Morgan fingerprint density at radius 3 is 2.44 bits per heavy atom. The average Bonchev–Trinajstić information content (AvgIpc) is 2.92. The SMILES string of the molecule is Cc1[nH]c2nc(-c3ccccc3)nc(N[C@H]3CC[C@H](C)CC3)c2c1C. The van der Waals surface area contributed by atoms with Gasteiger partial charge in [0.15, 0.2) is 5.82 Å². The van der Waals surface area contributed by atoms with Crippen molar-refractivity contribution < 1.29 is 0 Å². The molecule has 0 atom stereocenters. The van der Waals surface area contributed by atoms with Crippen molar-refractivity contribution in [1.29, 1.82) is 0 Å². The van der Waals surface area contributed by atoms with E-state index in [2.05, 4.69) is 43.2 Å². The Morgan fingerprint density at radius 1 is 1.00 bits per heavy atom. The molecule has 0 aliphatic heterocycles. The van der Waals surface area contributed by atoms with Crippen LogP contribution in [-0.4, -0.2) is 21.0 Å². The number of nitrogens with one attached hydrogen (secondary N) is 2. The van der Waals surface area contributed by atoms with Gasteiger partial charge in [-0.25, -0.2) is 9.97 Å². The van der Waals surface area contributed by atoms with Crippen LogP contribution < -0.4 is 5.32 Å². The quantitative estimate of drug-likeness (QED) is 0.689. The first-order valence-electron chi connectivity index (χ1n) is 9.30. The molecule has 1 saturated carbocycles. The van der Waals surface area contributed by atoms with E-state index in [1.807, 2.05) is 18.2 Å². The van der Waals surface area contributed by atoms with Crippen LogP contribution in [0.3, 0.4) is 0 Å². The van der Waals surface area contributed by atoms with E-state index in [0.717, 1.165) is 39.9 Å². The van der Waals surface area contributed by atoms with Gasteiger partial charge in [-0.15, -0.1) is 0 Å². The maximum absolute atomic E-state index is 4.92. The van der Waals surface area contributed by atoms with Crippen LogP contribution in [0.2, 0.25) is 0 Å². The smallest absolute Gasteiger partial charge is 0.163 e. The number of hydrogen-bond donors (Lipinski definition) is 2. The summed E-state index contributed by atoms with van der Waals surface area (Å²) >= 11 is 0. The first kappa shape index (κ1) is 16.1. The number of rotatable bonds is 3. The molecule has 1 aromatic carbocycles. The van der Waals surface area contributed by atoms with Crippen molar-refractivity contribution in [2.45, 2.75) is 52.5 Å². The van der Waals surface area contributed by atoms with E-state index in [9.17, 15) is 0 Å². The first-order valence-corrected chi connectivity index (χ1v) is 9.30. The molecule has 0 saturated heterocycles. The largest absolute Gasteiger partial charge is 0.367 e. The maximum atomic E-state index is 4.92. The van der Waals surface area contributed by atoms with Gasteiger partial charge in [-0.1, -0.05) is 37.3 Å². The summed E-state index contributed by atoms with van der Waals surface area (Å²) in [6.07, 6.45) is 5.02. The molecular weight excluding hydrogens is 308 g/mol. The normalized spacial score (nSPS) is 20.8. The number of nitrogens with zero attached hydrogens (tertiary/aromatic N) is 2. The molecule has 0 spiro atoms. The lowest BCUT2D eigenvalue weighted by Crippen LogP contribution is -2.26. The van der Waals surface area contributed by atoms with Crippen molar-refractivity contribution >= 4 is 16.9 Å². The number of benzene rings is 1. The topological polar surface area (TPSA) is 53.6 Å². The maximum Gasteiger partial charge on any atom is 0.163 e. The lowest BCUT2D eigenvalue weighted by Gasteiger charge is -2.27. The van der Waals surface area contributed by atoms with Crippen LogP contribution in [0.4, 0.5) is 5.82 Å². The molecule has 130 valence electrons. The summed E-state index contributed by atoms with van der Waals surface area (Å²) in [4.78, 5) is 13.1. The molecule has 0 bridgehead atoms. The minimum atomic E-state index is 0.507. The Kier molecular flexibility index (Phi) is 4.20. The molecule has 4 nitrogen and oxygen atoms in total. The van der Waals surface area contributed by atoms with Gasteiger partial charge < -0.3 is 10.3 Å². The van der Waals surface area contributed by atoms with Crippen LogP contribution in [0.15, 0.2) is 30.3 Å². The highest BCUT2D eigenvalue weighted by Crippen LogP contribution is 2.32. The second kappa shape index (κ2) is 6.51. The van der Waals surface area contributed by atoms with Gasteiger partial charge in [-0.3, -0.25) is 0 Å². The molecule has 2 heterocycles. The lowest BCUT2D eigenvalue weighted by molar-refractivity contribution is 0.361. The highest BCUT2D eigenvalue weighted by Gasteiger charge is 2.21. The number of aryl methyl sites for hydroxylation is 2. The van der Waals surface area contributed by atoms with Crippen LogP contribution in [-0.2, 0) is 0 Å². The number of anilines is 1. The van der Waals surface area contributed by atoms with Gasteiger partial charge in [0, 0.05) is 17.3 Å². The predicted octanol–water partition coefficient (Wildman–Crippen LogP) is 5.23. The van der Waals surface area contributed by atoms with E-state index in [0.29, 0.717) is 6.04 Å². The van der Waals surface area contributed by atoms with E-state index in [4.69, 9.17) is 9.97 Å². The highest BCUT2D eigenvalue weighted by molar-refractivity contribution is 5.92. The molecule has 0 amide bonds. The van der Waals surface area contributed by atoms with Crippen LogP contribution in [0.1, 0.15) is 43.9 Å². The van der Waals surface area contributed by atoms with Crippen molar-refractivity contribution in [2.75, 3.05) is 5.32 Å². The Morgan fingerprint density at radius 2 is 1.72 bits per heavy atom. The molecule has 2 aromatic heterocycles. The Labute approximate surface area is 149 Å². The molecule has 2 N–H and O–H groups in total. The second-order valence-electron chi connectivity index (χ2n) is 7.46. The third kappa shape index (κ3) is 3.13. The summed E-state index contributed by atoms with van der Waals surface area (Å²) in [6, 6.07) is 10.7. The van der Waals surface area contributed by atoms with Crippen molar-refractivity contribution in [3.8, 4) is 11.4 Å². The average molecular weight is 334 g/mol. The van der Waals surface area contributed by atoms with Crippen molar-refractivity contribution in [3.05, 3.63) is 41.6 Å². The Bertz CT molecular complexity index is 874. The van der Waals surface area contributed by atoms with E-state index < -0.39 is 0 Å². The van der Waals surface area contributed by atoms with Gasteiger partial charge in [0.05, 0.1) is 5.39 Å². The molecule has 1 aliphatic rings. The van der Waals surface area contributed by atoms with Gasteiger partial charge in [-0.05, 0) is 51.0 Å². The van der Waals surface area contributed by atoms with Gasteiger partial charge in [0.25, 0.3) is 0 Å². The minimum Gasteiger partial charge on any atom is -0.367 e. The van der Waals surface area contributed by atoms with Crippen LogP contribution in [0.5, 0.6) is 0 Å². The number of fused-ring (bicyclic) bond motifs is 1. The van der Waals surface area contributed by atoms with Crippen molar-refractivity contribution in [2.24, 2.45) is 5.92 Å². The van der Waals surface area contributed by atoms with E-state index in [-0.39, 0.29) is 0 Å². The molecule has 25 heavy (non-hydrogen) atoms. The fourth-order valence-corrected chi connectivity index (χ4v) is 3.78. The predicted molar refractivity (Wildman–Crippen MR) is 104 cm³/mol. The first-order chi connectivity index (χ1) is 12.1. The molecule has 4 rings (SSSR count). The zero-order valence-corrected chi connectivity index (χ0v) is 15.3. The monoisotopic (exact) mass is 334 g/mol. The molecule has 0 radical (unpaired) electrons. The van der Waals surface area contributed by atoms with E-state index in [1.165, 1.54) is 31.2 Å². The van der Waals surface area contributed by atoms with E-state index in [1.54, 1.807) is 0 Å². The lowest BCUT2D eigenvalue weighted by atomic mass is 9.87. The minimum absolute atomic E-state index is 0.507. The summed E-state index contributed by atoms with van der Waals surface area (Å²) in [5.41, 5.74) is 4.38. The zero-order chi connectivity index (χ0) is 17.4. The molecule has 3 aromatic rings. The number of aromatic amines is 1. The highest BCUT2D eigenvalue weighted by atomic mass is 15.1. The molecule has 1 aliphatic carbocycles. The summed E-state index contributed by atoms with van der Waals surface area (Å²) < 4.78 is 0. The third-order valence-electron chi connectivity index (χ3n) is 5.54. The fourth-order valence-electron chi connectivity index (χ4n) is 3.78. The molecule has 0 unspecified atom stereocenters. The Balaban J connectivity index is 1.77. The summed E-state index contributed by atoms with van der Waals surface area (Å²) in [7, 11) is 0. The van der Waals surface area contributed by atoms with E-state index >= 15 is 0 Å². The van der Waals surface area contributed by atoms with Crippen molar-refractivity contribution in [1.82, 2.24) is 15.0 Å². The van der Waals surface area contributed by atoms with Gasteiger partial charge >= 0.3 is 0 Å². The zero-order valence-electron chi connectivity index (χ0n) is 15.3. The van der Waals surface area contributed by atoms with Gasteiger partial charge in [0.1, 0.15) is 11.5 Å². The second-order valence-corrected chi connectivity index (χ2v) is 7.46. The molecule has 4 heteroatoms. The van der Waals surface area contributed by atoms with Gasteiger partial charge in [-0.2, -0.15) is 0 Å². The number of H-pyrrole nitrogens is 1. The van der Waals surface area contributed by atoms with Crippen LogP contribution >= 0.6 is 0 Å². The standard InChI is InChI=1S/C21H26N4/c1-13-9-11-17(12-10-13)23-21-18-14(2)15(3)22-20(18)24-19(25-21)16-7-5-4-6-8-16/h4-8,13,17H,9-12H2,1-3H3,(H2,22,23,24,25)/t13-,17-. The Hall–Kier alpha value is -2.36. The summed E-state index contributed by atoms with van der Waals surface area (Å²) in [6.45, 7) is 6.60. The number of hydrogen-bond acceptors (Lipinski definition) is 3. The summed E-state index contributed by atoms with van der Waals surface area (Å²) in [5.74, 6) is 2.60. The fraction of sp³-hybridized carbons (Fsp3) is 0.429. The molecule has 1 fully saturated rings. The number of aromatic nitrogens is 3. The molecular formula is C21H26N4. The van der Waals surface area contributed by atoms with Crippen LogP contribution in [0.25, 0.3) is 22.4 Å². The van der Waals surface area contributed by atoms with Gasteiger partial charge in [0.2, 0.25) is 0 Å². The summed E-state index contributed by atoms with van der Waals surface area (Å²) in [5, 5.41) is 4.87.